The standard InChI is InChI=1S/C25H16ClN3O2/c26-19-12-6-4-10-16(19)21-18(14-27)24(28)31-23-17-11-5-7-13-20(17)29(25(30)22(21)23)15-8-2-1-3-9-15/h1-13,21H,28H2. The van der Waals surface area contributed by atoms with E-state index in [1.165, 1.54) is 0 Å². The second-order valence-corrected chi connectivity index (χ2v) is 7.59. The van der Waals surface area contributed by atoms with E-state index in [9.17, 15) is 10.1 Å². The maximum atomic E-state index is 14.0. The first-order chi connectivity index (χ1) is 15.1. The Balaban J connectivity index is 1.95. The maximum Gasteiger partial charge on any atom is 0.263 e. The number of nitrogens with two attached hydrogens (primary N) is 1. The van der Waals surface area contributed by atoms with Crippen molar-refractivity contribution in [2.45, 2.75) is 5.92 Å². The average Bonchev–Trinajstić information content (AvgIpc) is 2.79. The largest absolute Gasteiger partial charge is 0.439 e. The number of hydrogen-bond donors (Lipinski definition) is 1. The number of rotatable bonds is 2. The SMILES string of the molecule is N#CC1=C(N)Oc2c(c(=O)n(-c3ccccc3)c3ccccc23)C1c1ccccc1Cl. The fourth-order valence-electron chi connectivity index (χ4n) is 4.12. The minimum absolute atomic E-state index is 0.0260. The molecule has 31 heavy (non-hydrogen) atoms. The van der Waals surface area contributed by atoms with E-state index in [-0.39, 0.29) is 17.0 Å². The van der Waals surface area contributed by atoms with E-state index in [1.54, 1.807) is 22.8 Å². The van der Waals surface area contributed by atoms with Gasteiger partial charge in [0.25, 0.3) is 5.56 Å². The summed E-state index contributed by atoms with van der Waals surface area (Å²) in [5.41, 5.74) is 8.39. The van der Waals surface area contributed by atoms with E-state index >= 15 is 0 Å². The van der Waals surface area contributed by atoms with Crippen molar-refractivity contribution in [3.8, 4) is 17.5 Å². The predicted molar refractivity (Wildman–Crippen MR) is 120 cm³/mol. The summed E-state index contributed by atoms with van der Waals surface area (Å²) in [6.45, 7) is 0. The topological polar surface area (TPSA) is 81.0 Å². The van der Waals surface area contributed by atoms with Gasteiger partial charge in [-0.1, -0.05) is 60.1 Å². The lowest BCUT2D eigenvalue weighted by molar-refractivity contribution is 0.396. The minimum Gasteiger partial charge on any atom is -0.439 e. The van der Waals surface area contributed by atoms with Crippen LogP contribution in [0.2, 0.25) is 5.02 Å². The van der Waals surface area contributed by atoms with Gasteiger partial charge in [-0.2, -0.15) is 5.26 Å². The van der Waals surface area contributed by atoms with E-state index in [0.29, 0.717) is 33.1 Å². The first kappa shape index (κ1) is 19.0. The van der Waals surface area contributed by atoms with Crippen molar-refractivity contribution in [3.63, 3.8) is 0 Å². The molecule has 0 radical (unpaired) electrons. The van der Waals surface area contributed by atoms with Crippen LogP contribution in [-0.4, -0.2) is 4.57 Å². The molecule has 0 saturated carbocycles. The molecule has 5 rings (SSSR count). The van der Waals surface area contributed by atoms with Crippen LogP contribution < -0.4 is 16.0 Å². The highest BCUT2D eigenvalue weighted by Gasteiger charge is 2.36. The number of benzene rings is 3. The molecule has 0 spiro atoms. The Morgan fingerprint density at radius 1 is 0.968 bits per heavy atom. The van der Waals surface area contributed by atoms with Crippen LogP contribution in [0, 0.1) is 11.3 Å². The first-order valence-corrected chi connectivity index (χ1v) is 10.0. The lowest BCUT2D eigenvalue weighted by atomic mass is 9.83. The average molecular weight is 426 g/mol. The molecule has 0 bridgehead atoms. The van der Waals surface area contributed by atoms with Crippen LogP contribution in [0.5, 0.6) is 5.75 Å². The number of halogens is 1. The number of aromatic nitrogens is 1. The minimum atomic E-state index is -0.741. The Morgan fingerprint density at radius 2 is 1.65 bits per heavy atom. The van der Waals surface area contributed by atoms with Crippen LogP contribution in [0.25, 0.3) is 16.6 Å². The normalized spacial score (nSPS) is 15.3. The highest BCUT2D eigenvalue weighted by molar-refractivity contribution is 6.31. The van der Waals surface area contributed by atoms with Gasteiger partial charge < -0.3 is 10.5 Å². The summed E-state index contributed by atoms with van der Waals surface area (Å²) in [4.78, 5) is 14.0. The predicted octanol–water partition coefficient (Wildman–Crippen LogP) is 4.86. The van der Waals surface area contributed by atoms with Crippen molar-refractivity contribution in [1.82, 2.24) is 4.57 Å². The van der Waals surface area contributed by atoms with E-state index < -0.39 is 5.92 Å². The zero-order chi connectivity index (χ0) is 21.5. The van der Waals surface area contributed by atoms with E-state index in [4.69, 9.17) is 22.1 Å². The Hall–Kier alpha value is -4.01. The van der Waals surface area contributed by atoms with Gasteiger partial charge >= 0.3 is 0 Å². The van der Waals surface area contributed by atoms with E-state index in [0.717, 1.165) is 5.39 Å². The molecule has 6 heteroatoms. The quantitative estimate of drug-likeness (QED) is 0.497. The highest BCUT2D eigenvalue weighted by Crippen LogP contribution is 2.45. The number of allylic oxidation sites excluding steroid dienone is 1. The van der Waals surface area contributed by atoms with Crippen molar-refractivity contribution in [2.75, 3.05) is 0 Å². The van der Waals surface area contributed by atoms with Crippen molar-refractivity contribution < 1.29 is 4.74 Å². The molecule has 150 valence electrons. The van der Waals surface area contributed by atoms with Crippen molar-refractivity contribution >= 4 is 22.5 Å². The fourth-order valence-corrected chi connectivity index (χ4v) is 4.37. The summed E-state index contributed by atoms with van der Waals surface area (Å²) in [6, 6.07) is 26.1. The fraction of sp³-hybridized carbons (Fsp3) is 0.0400. The number of ether oxygens (including phenoxy) is 1. The van der Waals surface area contributed by atoms with E-state index in [2.05, 4.69) is 6.07 Å². The molecule has 4 aromatic rings. The van der Waals surface area contributed by atoms with Crippen LogP contribution in [-0.2, 0) is 0 Å². The van der Waals surface area contributed by atoms with Gasteiger partial charge in [-0.3, -0.25) is 9.36 Å². The van der Waals surface area contributed by atoms with Crippen LogP contribution in [0.15, 0.2) is 95.1 Å². The summed E-state index contributed by atoms with van der Waals surface area (Å²) in [7, 11) is 0. The second-order valence-electron chi connectivity index (χ2n) is 7.18. The number of para-hydroxylation sites is 2. The van der Waals surface area contributed by atoms with Crippen LogP contribution in [0.1, 0.15) is 17.0 Å². The number of pyridine rings is 1. The molecule has 2 heterocycles. The van der Waals surface area contributed by atoms with Crippen LogP contribution >= 0.6 is 11.6 Å². The molecule has 0 fully saturated rings. The number of hydrogen-bond acceptors (Lipinski definition) is 4. The highest BCUT2D eigenvalue weighted by atomic mass is 35.5. The lowest BCUT2D eigenvalue weighted by Crippen LogP contribution is -2.31. The Kier molecular flexibility index (Phi) is 4.50. The van der Waals surface area contributed by atoms with Gasteiger partial charge in [-0.15, -0.1) is 0 Å². The molecule has 1 aliphatic heterocycles. The monoisotopic (exact) mass is 425 g/mol. The summed E-state index contributed by atoms with van der Waals surface area (Å²) >= 11 is 6.50. The second kappa shape index (κ2) is 7.35. The molecule has 1 aromatic heterocycles. The van der Waals surface area contributed by atoms with E-state index in [1.807, 2.05) is 60.7 Å². The maximum absolute atomic E-state index is 14.0. The molecule has 2 N–H and O–H groups in total. The molecular formula is C25H16ClN3O2. The van der Waals surface area contributed by atoms with Gasteiger partial charge in [0, 0.05) is 16.1 Å². The number of nitriles is 1. The molecular weight excluding hydrogens is 410 g/mol. The Labute approximate surface area is 183 Å². The molecule has 1 aliphatic rings. The molecule has 0 aliphatic carbocycles. The Bertz CT molecular complexity index is 1470. The first-order valence-electron chi connectivity index (χ1n) is 9.67. The summed E-state index contributed by atoms with van der Waals surface area (Å²) in [6.07, 6.45) is 0. The summed E-state index contributed by atoms with van der Waals surface area (Å²) in [5, 5.41) is 11.0. The van der Waals surface area contributed by atoms with Gasteiger partial charge in [0.1, 0.15) is 17.4 Å². The summed E-state index contributed by atoms with van der Waals surface area (Å²) < 4.78 is 7.53. The third-order valence-corrected chi connectivity index (χ3v) is 5.82. The molecule has 1 atom stereocenters. The molecule has 5 nitrogen and oxygen atoms in total. The Morgan fingerprint density at radius 3 is 2.39 bits per heavy atom. The molecule has 0 saturated heterocycles. The van der Waals surface area contributed by atoms with Crippen LogP contribution in [0.4, 0.5) is 0 Å². The van der Waals surface area contributed by atoms with Gasteiger partial charge in [-0.05, 0) is 35.9 Å². The van der Waals surface area contributed by atoms with Crippen molar-refractivity contribution in [1.29, 1.82) is 5.26 Å². The molecule has 0 amide bonds. The van der Waals surface area contributed by atoms with Gasteiger partial charge in [0.05, 0.1) is 17.0 Å². The van der Waals surface area contributed by atoms with Gasteiger partial charge in [-0.25, -0.2) is 0 Å². The van der Waals surface area contributed by atoms with Crippen molar-refractivity contribution in [2.24, 2.45) is 5.73 Å². The number of nitrogens with zero attached hydrogens (tertiary/aromatic N) is 2. The zero-order valence-corrected chi connectivity index (χ0v) is 17.0. The smallest absolute Gasteiger partial charge is 0.263 e. The third-order valence-electron chi connectivity index (χ3n) is 5.47. The molecule has 1 unspecified atom stereocenters. The number of fused-ring (bicyclic) bond motifs is 3. The van der Waals surface area contributed by atoms with Crippen molar-refractivity contribution in [3.05, 3.63) is 117 Å². The lowest BCUT2D eigenvalue weighted by Gasteiger charge is -2.28. The molecule has 3 aromatic carbocycles. The van der Waals surface area contributed by atoms with Crippen LogP contribution in [0.3, 0.4) is 0 Å². The third kappa shape index (κ3) is 2.89. The zero-order valence-electron chi connectivity index (χ0n) is 16.2. The van der Waals surface area contributed by atoms with Gasteiger partial charge in [0.15, 0.2) is 0 Å². The summed E-state index contributed by atoms with van der Waals surface area (Å²) in [5.74, 6) is -0.411. The van der Waals surface area contributed by atoms with Gasteiger partial charge in [0.2, 0.25) is 5.88 Å².